The van der Waals surface area contributed by atoms with Gasteiger partial charge in [-0.05, 0) is 49.8 Å². The van der Waals surface area contributed by atoms with Gasteiger partial charge in [-0.2, -0.15) is 0 Å². The van der Waals surface area contributed by atoms with Crippen molar-refractivity contribution < 1.29 is 9.53 Å². The first-order valence-corrected chi connectivity index (χ1v) is 11.0. The number of rotatable bonds is 6. The molecule has 158 valence electrons. The summed E-state index contributed by atoms with van der Waals surface area (Å²) in [5.74, 6) is 2.72. The molecule has 4 N–H and O–H groups in total. The van der Waals surface area contributed by atoms with Gasteiger partial charge in [-0.3, -0.25) is 9.79 Å². The Balaban J connectivity index is 1.40. The molecule has 7 heteroatoms. The Bertz CT molecular complexity index is 733. The first kappa shape index (κ1) is 19.9. The molecule has 2 saturated carbocycles. The first-order valence-electron chi connectivity index (χ1n) is 11.0. The number of amides is 1. The molecule has 29 heavy (non-hydrogen) atoms. The number of nitrogens with one attached hydrogen (secondary N) is 4. The number of dihydropyridines is 1. The summed E-state index contributed by atoms with van der Waals surface area (Å²) in [4.78, 5) is 17.5. The Morgan fingerprint density at radius 3 is 2.86 bits per heavy atom. The summed E-state index contributed by atoms with van der Waals surface area (Å²) in [7, 11) is 1.67. The molecule has 7 nitrogen and oxygen atoms in total. The maximum absolute atomic E-state index is 12.5. The lowest BCUT2D eigenvalue weighted by Gasteiger charge is -2.34. The van der Waals surface area contributed by atoms with E-state index in [1.165, 1.54) is 37.7 Å². The lowest BCUT2D eigenvalue weighted by molar-refractivity contribution is -0.121. The number of methoxy groups -OCH3 is 1. The van der Waals surface area contributed by atoms with Crippen molar-refractivity contribution in [3.05, 3.63) is 35.5 Å². The zero-order valence-corrected chi connectivity index (χ0v) is 17.3. The largest absolute Gasteiger partial charge is 0.497 e. The zero-order valence-electron chi connectivity index (χ0n) is 17.3. The molecular formula is C22H33N5O2. The highest BCUT2D eigenvalue weighted by Gasteiger charge is 2.30. The summed E-state index contributed by atoms with van der Waals surface area (Å²) in [6.45, 7) is 0.291. The van der Waals surface area contributed by atoms with E-state index in [2.05, 4.69) is 21.3 Å². The van der Waals surface area contributed by atoms with E-state index in [4.69, 9.17) is 9.73 Å². The fraction of sp³-hybridized carbons (Fsp3) is 0.636. The van der Waals surface area contributed by atoms with Crippen LogP contribution in [0.5, 0.6) is 0 Å². The molecule has 2 aliphatic heterocycles. The second-order valence-electron chi connectivity index (χ2n) is 8.31. The molecule has 1 amide bonds. The van der Waals surface area contributed by atoms with Crippen LogP contribution < -0.4 is 21.3 Å². The predicted octanol–water partition coefficient (Wildman–Crippen LogP) is 2.20. The van der Waals surface area contributed by atoms with Crippen molar-refractivity contribution in [3.8, 4) is 0 Å². The molecule has 0 radical (unpaired) electrons. The van der Waals surface area contributed by atoms with Gasteiger partial charge in [0.25, 0.3) is 0 Å². The normalized spacial score (nSPS) is 27.1. The van der Waals surface area contributed by atoms with E-state index in [-0.39, 0.29) is 18.0 Å². The van der Waals surface area contributed by atoms with Crippen molar-refractivity contribution in [2.45, 2.75) is 75.9 Å². The molecule has 0 spiro atoms. The van der Waals surface area contributed by atoms with Crippen LogP contribution in [0.15, 0.2) is 40.5 Å². The van der Waals surface area contributed by atoms with Crippen molar-refractivity contribution in [3.63, 3.8) is 0 Å². The van der Waals surface area contributed by atoms with E-state index in [0.29, 0.717) is 12.6 Å². The van der Waals surface area contributed by atoms with E-state index < -0.39 is 0 Å². The van der Waals surface area contributed by atoms with Gasteiger partial charge in [0.15, 0.2) is 0 Å². The highest BCUT2D eigenvalue weighted by Crippen LogP contribution is 2.30. The van der Waals surface area contributed by atoms with E-state index in [1.54, 1.807) is 7.11 Å². The van der Waals surface area contributed by atoms with Gasteiger partial charge < -0.3 is 26.0 Å². The number of amidine groups is 1. The minimum atomic E-state index is -0.0636. The molecular weight excluding hydrogens is 366 g/mol. The van der Waals surface area contributed by atoms with Gasteiger partial charge in [0.05, 0.1) is 19.7 Å². The zero-order chi connectivity index (χ0) is 20.1. The van der Waals surface area contributed by atoms with E-state index >= 15 is 0 Å². The third kappa shape index (κ3) is 4.95. The van der Waals surface area contributed by atoms with E-state index in [0.717, 1.165) is 43.1 Å². The van der Waals surface area contributed by atoms with Crippen LogP contribution in [0.3, 0.4) is 0 Å². The minimum Gasteiger partial charge on any atom is -0.497 e. The van der Waals surface area contributed by atoms with Crippen LogP contribution in [0, 0.1) is 0 Å². The third-order valence-corrected chi connectivity index (χ3v) is 6.23. The number of ether oxygens (including phenoxy) is 1. The number of hydrogen-bond acceptors (Lipinski definition) is 6. The van der Waals surface area contributed by atoms with Gasteiger partial charge in [0, 0.05) is 12.2 Å². The predicted molar refractivity (Wildman–Crippen MR) is 114 cm³/mol. The summed E-state index contributed by atoms with van der Waals surface area (Å²) in [6.07, 6.45) is 16.2. The lowest BCUT2D eigenvalue weighted by Crippen LogP contribution is -2.50. The Morgan fingerprint density at radius 1 is 1.21 bits per heavy atom. The van der Waals surface area contributed by atoms with Crippen molar-refractivity contribution >= 4 is 11.7 Å². The number of carbonyl (C=O) groups is 1. The van der Waals surface area contributed by atoms with E-state index in [9.17, 15) is 4.79 Å². The molecule has 0 aromatic rings. The molecule has 0 aromatic heterocycles. The molecule has 2 heterocycles. The fourth-order valence-corrected chi connectivity index (χ4v) is 4.64. The van der Waals surface area contributed by atoms with Gasteiger partial charge >= 0.3 is 0 Å². The molecule has 2 fully saturated rings. The van der Waals surface area contributed by atoms with Gasteiger partial charge in [-0.25, -0.2) is 0 Å². The van der Waals surface area contributed by atoms with Crippen LogP contribution in [0.1, 0.15) is 57.8 Å². The summed E-state index contributed by atoms with van der Waals surface area (Å²) < 4.78 is 5.37. The van der Waals surface area contributed by atoms with Crippen LogP contribution in [0.2, 0.25) is 0 Å². The Kier molecular flexibility index (Phi) is 6.42. The second-order valence-corrected chi connectivity index (χ2v) is 8.31. The number of aliphatic imine (C=N–C) groups is 1. The smallest absolute Gasteiger partial charge is 0.239 e. The van der Waals surface area contributed by atoms with Gasteiger partial charge in [0.2, 0.25) is 5.91 Å². The monoisotopic (exact) mass is 399 g/mol. The molecule has 2 atom stereocenters. The summed E-state index contributed by atoms with van der Waals surface area (Å²) in [5, 5.41) is 13.4. The van der Waals surface area contributed by atoms with Crippen molar-refractivity contribution in [1.29, 1.82) is 0 Å². The van der Waals surface area contributed by atoms with Crippen LogP contribution in [0.4, 0.5) is 0 Å². The summed E-state index contributed by atoms with van der Waals surface area (Å²) >= 11 is 0. The fourth-order valence-electron chi connectivity index (χ4n) is 4.64. The number of carbonyl (C=O) groups excluding carboxylic acids is 1. The van der Waals surface area contributed by atoms with Crippen LogP contribution in [0.25, 0.3) is 0 Å². The average molecular weight is 400 g/mol. The summed E-state index contributed by atoms with van der Waals surface area (Å²) in [6, 6.07) is 0.465. The molecule has 2 unspecified atom stereocenters. The van der Waals surface area contributed by atoms with Crippen molar-refractivity contribution in [1.82, 2.24) is 21.3 Å². The first-order chi connectivity index (χ1) is 14.2. The van der Waals surface area contributed by atoms with Crippen molar-refractivity contribution in [2.75, 3.05) is 13.7 Å². The maximum atomic E-state index is 12.5. The highest BCUT2D eigenvalue weighted by molar-refractivity contribution is 5.92. The SMILES string of the molecule is COC1=CC(C2=NC3CCCCC3=C(NCC(=O)NC3CCCCC3)N2)NC=C1. The van der Waals surface area contributed by atoms with Gasteiger partial charge in [0.1, 0.15) is 23.5 Å². The number of allylic oxidation sites excluding steroid dienone is 1. The lowest BCUT2D eigenvalue weighted by atomic mass is 9.89. The highest BCUT2D eigenvalue weighted by atomic mass is 16.5. The van der Waals surface area contributed by atoms with Gasteiger partial charge in [-0.1, -0.05) is 25.7 Å². The Labute approximate surface area is 173 Å². The molecule has 2 aliphatic carbocycles. The molecule has 4 aliphatic rings. The molecule has 0 bridgehead atoms. The molecule has 0 aromatic carbocycles. The number of fused-ring (bicyclic) bond motifs is 1. The van der Waals surface area contributed by atoms with E-state index in [1.807, 2.05) is 18.4 Å². The third-order valence-electron chi connectivity index (χ3n) is 6.23. The topological polar surface area (TPSA) is 86.8 Å². The quantitative estimate of drug-likeness (QED) is 0.550. The average Bonchev–Trinajstić information content (AvgIpc) is 2.78. The van der Waals surface area contributed by atoms with Crippen molar-refractivity contribution in [2.24, 2.45) is 4.99 Å². The Morgan fingerprint density at radius 2 is 2.03 bits per heavy atom. The van der Waals surface area contributed by atoms with Crippen LogP contribution >= 0.6 is 0 Å². The molecule has 0 saturated heterocycles. The minimum absolute atomic E-state index is 0.0636. The Hall–Kier alpha value is -2.44. The standard InChI is InChI=1S/C22H33N5O2/c1-29-16-11-12-23-19(13-16)22-26-18-10-6-5-9-17(18)21(27-22)24-14-20(28)25-15-7-3-2-4-8-15/h11-13,15,18-19,23-24H,2-10,14H2,1H3,(H,25,28)(H,26,27). The van der Waals surface area contributed by atoms with Gasteiger partial charge in [-0.15, -0.1) is 0 Å². The number of nitrogens with zero attached hydrogens (tertiary/aromatic N) is 1. The number of hydrogen-bond donors (Lipinski definition) is 4. The van der Waals surface area contributed by atoms with Crippen LogP contribution in [-0.4, -0.2) is 43.5 Å². The van der Waals surface area contributed by atoms with Crippen LogP contribution in [-0.2, 0) is 9.53 Å². The molecule has 4 rings (SSSR count). The maximum Gasteiger partial charge on any atom is 0.239 e. The summed E-state index contributed by atoms with van der Waals surface area (Å²) in [5.41, 5.74) is 1.30. The second kappa shape index (κ2) is 9.37.